The molecular formula is C32H59NO2Si. The predicted octanol–water partition coefficient (Wildman–Crippen LogP) is 7.93. The highest BCUT2D eigenvalue weighted by atomic mass is 28.4. The van der Waals surface area contributed by atoms with Crippen molar-refractivity contribution in [2.75, 3.05) is 6.54 Å². The van der Waals surface area contributed by atoms with Crippen molar-refractivity contribution in [3.63, 3.8) is 0 Å². The second-order valence-electron chi connectivity index (χ2n) is 16.3. The molecule has 0 bridgehead atoms. The minimum absolute atomic E-state index is 0.286. The molecule has 0 amide bonds. The van der Waals surface area contributed by atoms with Crippen molar-refractivity contribution < 1.29 is 9.53 Å². The van der Waals surface area contributed by atoms with E-state index in [1.807, 2.05) is 0 Å². The maximum Gasteiger partial charge on any atom is 0.192 e. The maximum absolute atomic E-state index is 12.0. The van der Waals surface area contributed by atoms with Crippen LogP contribution < -0.4 is 5.32 Å². The molecular weight excluding hydrogens is 458 g/mol. The molecule has 0 radical (unpaired) electrons. The molecule has 2 N–H and O–H groups in total. The number of fused-ring (bicyclic) bond motifs is 5. The van der Waals surface area contributed by atoms with Gasteiger partial charge in [0.05, 0.1) is 5.60 Å². The molecule has 10 atom stereocenters. The molecule has 0 aromatic rings. The van der Waals surface area contributed by atoms with Gasteiger partial charge < -0.3 is 14.8 Å². The third-order valence-electron chi connectivity index (χ3n) is 13.6. The van der Waals surface area contributed by atoms with Crippen LogP contribution in [0.4, 0.5) is 0 Å². The number of aliphatic hydroxyl groups is 1. The minimum Gasteiger partial charge on any atom is -0.414 e. The molecule has 1 saturated heterocycles. The van der Waals surface area contributed by atoms with Gasteiger partial charge in [-0.15, -0.1) is 0 Å². The van der Waals surface area contributed by atoms with Crippen LogP contribution in [0.3, 0.4) is 0 Å². The smallest absolute Gasteiger partial charge is 0.192 e. The molecule has 4 aliphatic carbocycles. The van der Waals surface area contributed by atoms with Gasteiger partial charge in [-0.3, -0.25) is 0 Å². The number of piperidine rings is 1. The van der Waals surface area contributed by atoms with E-state index in [9.17, 15) is 5.11 Å². The van der Waals surface area contributed by atoms with Crippen LogP contribution in [-0.2, 0) is 4.43 Å². The lowest BCUT2D eigenvalue weighted by Crippen LogP contribution is -2.60. The fourth-order valence-electron chi connectivity index (χ4n) is 10.5. The molecule has 5 rings (SSSR count). The van der Waals surface area contributed by atoms with Gasteiger partial charge in [-0.25, -0.2) is 0 Å². The molecule has 0 spiro atoms. The Morgan fingerprint density at radius 2 is 1.53 bits per heavy atom. The minimum atomic E-state index is -1.70. The van der Waals surface area contributed by atoms with E-state index < -0.39 is 13.9 Å². The first-order chi connectivity index (χ1) is 16.7. The fourth-order valence-corrected chi connectivity index (χ4v) is 11.9. The second kappa shape index (κ2) is 9.34. The zero-order chi connectivity index (χ0) is 26.1. The van der Waals surface area contributed by atoms with E-state index in [1.54, 1.807) is 0 Å². The summed E-state index contributed by atoms with van der Waals surface area (Å²) in [6, 6.07) is 0.286. The summed E-state index contributed by atoms with van der Waals surface area (Å²) in [6.45, 7) is 20.6. The van der Waals surface area contributed by atoms with E-state index in [-0.39, 0.29) is 6.04 Å². The first-order valence-electron chi connectivity index (χ1n) is 15.8. The molecule has 3 nitrogen and oxygen atoms in total. The van der Waals surface area contributed by atoms with Crippen molar-refractivity contribution in [1.29, 1.82) is 0 Å². The second-order valence-corrected chi connectivity index (χ2v) is 21.1. The van der Waals surface area contributed by atoms with E-state index in [0.29, 0.717) is 27.9 Å². The van der Waals surface area contributed by atoms with Gasteiger partial charge >= 0.3 is 0 Å². The Balaban J connectivity index is 1.29. The van der Waals surface area contributed by atoms with Gasteiger partial charge in [0.2, 0.25) is 0 Å². The Labute approximate surface area is 224 Å². The molecule has 5 fully saturated rings. The number of hydrogen-bond donors (Lipinski definition) is 2. The summed E-state index contributed by atoms with van der Waals surface area (Å²) in [5.41, 5.74) is 0.246. The Morgan fingerprint density at radius 1 is 0.833 bits per heavy atom. The topological polar surface area (TPSA) is 41.5 Å². The Morgan fingerprint density at radius 3 is 2.19 bits per heavy atom. The molecule has 5 aliphatic rings. The quantitative estimate of drug-likeness (QED) is 0.372. The van der Waals surface area contributed by atoms with Crippen LogP contribution >= 0.6 is 0 Å². The third-order valence-corrected chi connectivity index (χ3v) is 18.1. The van der Waals surface area contributed by atoms with Gasteiger partial charge in [0.1, 0.15) is 0 Å². The first-order valence-corrected chi connectivity index (χ1v) is 18.7. The molecule has 4 saturated carbocycles. The van der Waals surface area contributed by atoms with Crippen molar-refractivity contribution in [2.45, 2.75) is 154 Å². The van der Waals surface area contributed by atoms with Crippen molar-refractivity contribution >= 4 is 8.32 Å². The molecule has 0 aromatic heterocycles. The summed E-state index contributed by atoms with van der Waals surface area (Å²) in [6.07, 6.45) is 16.3. The summed E-state index contributed by atoms with van der Waals surface area (Å²) >= 11 is 0. The molecule has 3 unspecified atom stereocenters. The normalized spacial score (nSPS) is 47.4. The van der Waals surface area contributed by atoms with Crippen molar-refractivity contribution in [3.05, 3.63) is 0 Å². The summed E-state index contributed by atoms with van der Waals surface area (Å²) in [5.74, 6) is 3.88. The van der Waals surface area contributed by atoms with Crippen LogP contribution in [0.1, 0.15) is 119 Å². The molecule has 36 heavy (non-hydrogen) atoms. The summed E-state index contributed by atoms with van der Waals surface area (Å²) in [7, 11) is -1.70. The lowest BCUT2D eigenvalue weighted by Gasteiger charge is -2.62. The van der Waals surface area contributed by atoms with Gasteiger partial charge in [0.25, 0.3) is 0 Å². The van der Waals surface area contributed by atoms with Gasteiger partial charge in [0.15, 0.2) is 8.32 Å². The van der Waals surface area contributed by atoms with E-state index in [0.717, 1.165) is 36.6 Å². The summed E-state index contributed by atoms with van der Waals surface area (Å²) in [5, 5.41) is 16.0. The van der Waals surface area contributed by atoms with E-state index in [2.05, 4.69) is 60.0 Å². The van der Waals surface area contributed by atoms with Crippen LogP contribution in [0.2, 0.25) is 18.1 Å². The van der Waals surface area contributed by atoms with Crippen molar-refractivity contribution in [1.82, 2.24) is 5.32 Å². The highest BCUT2D eigenvalue weighted by Crippen LogP contribution is 2.69. The van der Waals surface area contributed by atoms with Gasteiger partial charge in [-0.05, 0) is 143 Å². The standard InChI is InChI=1S/C32H59NO2Si/c1-29(2,3)36(7,8)35-23-16-18-30(4)22(21-23)12-13-24-25-14-15-27(31(25,5)19-17-26(24)30)32(6,34)28-11-9-10-20-33-28/h22-28,33-34H,9-21H2,1-8H3/t22?,23-,24-,25-,26-,27-,28?,30-,31-,32?/m0/s1. The largest absolute Gasteiger partial charge is 0.414 e. The monoisotopic (exact) mass is 517 g/mol. The lowest BCUT2D eigenvalue weighted by molar-refractivity contribution is -0.148. The van der Waals surface area contributed by atoms with Crippen LogP contribution in [-0.4, -0.2) is 37.7 Å². The average Bonchev–Trinajstić information content (AvgIpc) is 3.17. The van der Waals surface area contributed by atoms with Crippen LogP contribution in [0.15, 0.2) is 0 Å². The van der Waals surface area contributed by atoms with Crippen molar-refractivity contribution in [3.8, 4) is 0 Å². The van der Waals surface area contributed by atoms with Crippen LogP contribution in [0.25, 0.3) is 0 Å². The zero-order valence-corrected chi connectivity index (χ0v) is 26.1. The van der Waals surface area contributed by atoms with Crippen molar-refractivity contribution in [2.24, 2.45) is 40.4 Å². The predicted molar refractivity (Wildman–Crippen MR) is 154 cm³/mol. The highest BCUT2D eigenvalue weighted by Gasteiger charge is 2.63. The number of rotatable bonds is 4. The van der Waals surface area contributed by atoms with E-state index in [1.165, 1.54) is 70.6 Å². The number of nitrogens with one attached hydrogen (secondary N) is 1. The van der Waals surface area contributed by atoms with E-state index in [4.69, 9.17) is 4.43 Å². The Hall–Kier alpha value is 0.0969. The molecule has 1 heterocycles. The summed E-state index contributed by atoms with van der Waals surface area (Å²) < 4.78 is 6.97. The van der Waals surface area contributed by atoms with Crippen LogP contribution in [0.5, 0.6) is 0 Å². The molecule has 1 aliphatic heterocycles. The molecule has 208 valence electrons. The maximum atomic E-state index is 12.0. The summed E-state index contributed by atoms with van der Waals surface area (Å²) in [4.78, 5) is 0. The number of hydrogen-bond acceptors (Lipinski definition) is 3. The average molecular weight is 518 g/mol. The third kappa shape index (κ3) is 4.40. The van der Waals surface area contributed by atoms with Gasteiger partial charge in [-0.1, -0.05) is 41.0 Å². The first kappa shape index (κ1) is 27.7. The zero-order valence-electron chi connectivity index (χ0n) is 25.1. The van der Waals surface area contributed by atoms with Gasteiger partial charge in [-0.2, -0.15) is 0 Å². The SMILES string of the molecule is CC(O)(C1CCCCN1)[C@H]1CC[C@H]2[C@@H]3CCC4C[C@@H](O[Si](C)(C)C(C)(C)C)CC[C@]4(C)[C@H]3CC[C@]12C. The Bertz CT molecular complexity index is 798. The molecule has 0 aromatic carbocycles. The lowest BCUT2D eigenvalue weighted by atomic mass is 9.44. The molecule has 4 heteroatoms. The highest BCUT2D eigenvalue weighted by molar-refractivity contribution is 6.74. The van der Waals surface area contributed by atoms with E-state index >= 15 is 0 Å². The fraction of sp³-hybridized carbons (Fsp3) is 1.00. The van der Waals surface area contributed by atoms with Crippen LogP contribution in [0, 0.1) is 40.4 Å². The van der Waals surface area contributed by atoms with Gasteiger partial charge in [0, 0.05) is 12.1 Å². The Kier molecular flexibility index (Phi) is 7.17.